The molecule has 1 saturated heterocycles. The number of piperidine rings is 1. The lowest BCUT2D eigenvalue weighted by Gasteiger charge is -2.24. The van der Waals surface area contributed by atoms with E-state index in [0.717, 1.165) is 31.0 Å². The lowest BCUT2D eigenvalue weighted by Crippen LogP contribution is -2.38. The Labute approximate surface area is 132 Å². The Kier molecular flexibility index (Phi) is 4.43. The van der Waals surface area contributed by atoms with E-state index in [2.05, 4.69) is 41.1 Å². The van der Waals surface area contributed by atoms with Gasteiger partial charge in [0.1, 0.15) is 5.82 Å². The normalized spacial score (nSPS) is 28.0. The highest BCUT2D eigenvalue weighted by atomic mass is 16.1. The minimum Gasteiger partial charge on any atom is -0.356 e. The van der Waals surface area contributed by atoms with Crippen LogP contribution < -0.4 is 5.32 Å². The summed E-state index contributed by atoms with van der Waals surface area (Å²) in [6, 6.07) is 2.57. The maximum Gasteiger partial charge on any atom is 0.220 e. The van der Waals surface area contributed by atoms with Gasteiger partial charge in [-0.25, -0.2) is 9.97 Å². The highest BCUT2D eigenvalue weighted by Gasteiger charge is 2.39. The largest absolute Gasteiger partial charge is 0.356 e. The number of hydrogen-bond acceptors (Lipinski definition) is 4. The summed E-state index contributed by atoms with van der Waals surface area (Å²) in [6.45, 7) is 5.95. The molecule has 1 amide bonds. The van der Waals surface area contributed by atoms with E-state index in [4.69, 9.17) is 0 Å². The molecule has 5 heteroatoms. The van der Waals surface area contributed by atoms with E-state index in [1.54, 1.807) is 0 Å². The number of nitrogens with zero attached hydrogens (tertiary/aromatic N) is 3. The average molecular weight is 302 g/mol. The lowest BCUT2D eigenvalue weighted by atomic mass is 9.89. The Morgan fingerprint density at radius 2 is 2.14 bits per heavy atom. The van der Waals surface area contributed by atoms with Crippen LogP contribution in [-0.2, 0) is 11.3 Å². The van der Waals surface area contributed by atoms with E-state index in [1.807, 2.05) is 12.3 Å². The number of fused-ring (bicyclic) bond motifs is 1. The van der Waals surface area contributed by atoms with Crippen LogP contribution >= 0.6 is 0 Å². The Hall–Kier alpha value is -1.49. The van der Waals surface area contributed by atoms with Gasteiger partial charge in [0.15, 0.2) is 0 Å². The molecule has 0 radical (unpaired) electrons. The second kappa shape index (κ2) is 6.32. The zero-order valence-corrected chi connectivity index (χ0v) is 13.7. The first kappa shape index (κ1) is 15.4. The summed E-state index contributed by atoms with van der Waals surface area (Å²) >= 11 is 0. The number of hydrogen-bond donors (Lipinski definition) is 1. The molecule has 1 aliphatic carbocycles. The molecule has 120 valence electrons. The van der Waals surface area contributed by atoms with Crippen molar-refractivity contribution < 1.29 is 4.79 Å². The molecule has 2 fully saturated rings. The molecule has 1 N–H and O–H groups in total. The van der Waals surface area contributed by atoms with Gasteiger partial charge < -0.3 is 5.32 Å². The molecule has 3 rings (SSSR count). The van der Waals surface area contributed by atoms with E-state index in [9.17, 15) is 4.79 Å². The topological polar surface area (TPSA) is 58.1 Å². The Morgan fingerprint density at radius 3 is 2.91 bits per heavy atom. The molecule has 1 aliphatic heterocycles. The SMILES string of the molecule is CC(C)c1nccc(CN(C)[C@H]2C[C@H]3CNC(=O)C[C@H]3C2)n1. The molecule has 2 aliphatic rings. The first-order valence-electron chi connectivity index (χ1n) is 8.31. The molecule has 0 spiro atoms. The molecule has 22 heavy (non-hydrogen) atoms. The summed E-state index contributed by atoms with van der Waals surface area (Å²) in [5.74, 6) is 2.72. The summed E-state index contributed by atoms with van der Waals surface area (Å²) in [6.07, 6.45) is 4.89. The van der Waals surface area contributed by atoms with Gasteiger partial charge in [-0.1, -0.05) is 13.8 Å². The number of nitrogens with one attached hydrogen (secondary N) is 1. The molecule has 1 aromatic heterocycles. The summed E-state index contributed by atoms with van der Waals surface area (Å²) in [5, 5.41) is 3.00. The van der Waals surface area contributed by atoms with Crippen molar-refractivity contribution in [2.24, 2.45) is 11.8 Å². The fourth-order valence-corrected chi connectivity index (χ4v) is 3.76. The molecule has 0 unspecified atom stereocenters. The van der Waals surface area contributed by atoms with Gasteiger partial charge in [-0.3, -0.25) is 9.69 Å². The van der Waals surface area contributed by atoms with Crippen molar-refractivity contribution in [3.63, 3.8) is 0 Å². The number of aromatic nitrogens is 2. The predicted octanol–water partition coefficient (Wildman–Crippen LogP) is 1.95. The second-order valence-corrected chi connectivity index (χ2v) is 7.13. The van der Waals surface area contributed by atoms with Crippen LogP contribution in [0.1, 0.15) is 50.5 Å². The lowest BCUT2D eigenvalue weighted by molar-refractivity contribution is -0.124. The van der Waals surface area contributed by atoms with Crippen molar-refractivity contribution in [1.29, 1.82) is 0 Å². The summed E-state index contributed by atoms with van der Waals surface area (Å²) in [4.78, 5) is 22.9. The van der Waals surface area contributed by atoms with Crippen LogP contribution in [0.15, 0.2) is 12.3 Å². The molecule has 0 aromatic carbocycles. The highest BCUT2D eigenvalue weighted by Crippen LogP contribution is 2.38. The predicted molar refractivity (Wildman–Crippen MR) is 85.2 cm³/mol. The number of carbonyl (C=O) groups excluding carboxylic acids is 1. The van der Waals surface area contributed by atoms with Crippen LogP contribution in [0.3, 0.4) is 0 Å². The van der Waals surface area contributed by atoms with Crippen LogP contribution in [0.4, 0.5) is 0 Å². The number of rotatable bonds is 4. The Bertz CT molecular complexity index is 545. The third kappa shape index (κ3) is 3.29. The maximum absolute atomic E-state index is 11.5. The van der Waals surface area contributed by atoms with E-state index in [1.165, 1.54) is 6.42 Å². The first-order valence-corrected chi connectivity index (χ1v) is 8.31. The van der Waals surface area contributed by atoms with Gasteiger partial charge >= 0.3 is 0 Å². The van der Waals surface area contributed by atoms with Gasteiger partial charge in [0.05, 0.1) is 5.69 Å². The highest BCUT2D eigenvalue weighted by molar-refractivity contribution is 5.77. The quantitative estimate of drug-likeness (QED) is 0.923. The number of amides is 1. The molecule has 2 heterocycles. The van der Waals surface area contributed by atoms with Crippen molar-refractivity contribution in [2.45, 2.75) is 51.6 Å². The van der Waals surface area contributed by atoms with Crippen LogP contribution in [0.5, 0.6) is 0 Å². The minimum absolute atomic E-state index is 0.224. The molecular weight excluding hydrogens is 276 g/mol. The van der Waals surface area contributed by atoms with Crippen LogP contribution in [0, 0.1) is 11.8 Å². The molecule has 0 bridgehead atoms. The smallest absolute Gasteiger partial charge is 0.220 e. The fourth-order valence-electron chi connectivity index (χ4n) is 3.76. The molecule has 5 nitrogen and oxygen atoms in total. The third-order valence-corrected chi connectivity index (χ3v) is 5.11. The average Bonchev–Trinajstić information content (AvgIpc) is 2.90. The van der Waals surface area contributed by atoms with Gasteiger partial charge in [0.2, 0.25) is 5.91 Å². The Balaban J connectivity index is 1.62. The molecule has 1 saturated carbocycles. The third-order valence-electron chi connectivity index (χ3n) is 5.11. The second-order valence-electron chi connectivity index (χ2n) is 7.13. The van der Waals surface area contributed by atoms with Gasteiger partial charge in [0, 0.05) is 37.7 Å². The van der Waals surface area contributed by atoms with Gasteiger partial charge in [-0.2, -0.15) is 0 Å². The van der Waals surface area contributed by atoms with Crippen molar-refractivity contribution in [1.82, 2.24) is 20.2 Å². The summed E-state index contributed by atoms with van der Waals surface area (Å²) in [7, 11) is 2.18. The van der Waals surface area contributed by atoms with E-state index in [-0.39, 0.29) is 5.91 Å². The molecular formula is C17H26N4O. The van der Waals surface area contributed by atoms with Crippen molar-refractivity contribution in [3.8, 4) is 0 Å². The van der Waals surface area contributed by atoms with E-state index >= 15 is 0 Å². The molecule has 1 aromatic rings. The standard InChI is InChI=1S/C17H26N4O/c1-11(2)17-18-5-4-14(20-17)10-21(3)15-6-12-8-16(22)19-9-13(12)7-15/h4-5,11-13,15H,6-10H2,1-3H3,(H,19,22)/t12-,13+,15-/m1/s1. The van der Waals surface area contributed by atoms with Crippen LogP contribution in [-0.4, -0.2) is 40.4 Å². The van der Waals surface area contributed by atoms with Crippen LogP contribution in [0.2, 0.25) is 0 Å². The van der Waals surface area contributed by atoms with Crippen molar-refractivity contribution in [2.75, 3.05) is 13.6 Å². The monoisotopic (exact) mass is 302 g/mol. The number of carbonyl (C=O) groups is 1. The van der Waals surface area contributed by atoms with Crippen molar-refractivity contribution in [3.05, 3.63) is 23.8 Å². The van der Waals surface area contributed by atoms with E-state index in [0.29, 0.717) is 30.2 Å². The van der Waals surface area contributed by atoms with Crippen LogP contribution in [0.25, 0.3) is 0 Å². The maximum atomic E-state index is 11.5. The fraction of sp³-hybridized carbons (Fsp3) is 0.706. The molecule has 3 atom stereocenters. The van der Waals surface area contributed by atoms with Gasteiger partial charge in [-0.15, -0.1) is 0 Å². The Morgan fingerprint density at radius 1 is 1.36 bits per heavy atom. The minimum atomic E-state index is 0.224. The summed E-state index contributed by atoms with van der Waals surface area (Å²) in [5.41, 5.74) is 1.09. The zero-order chi connectivity index (χ0) is 15.7. The van der Waals surface area contributed by atoms with Gasteiger partial charge in [0.25, 0.3) is 0 Å². The first-order chi connectivity index (χ1) is 10.5. The van der Waals surface area contributed by atoms with Crippen molar-refractivity contribution >= 4 is 5.91 Å². The van der Waals surface area contributed by atoms with E-state index < -0.39 is 0 Å². The summed E-state index contributed by atoms with van der Waals surface area (Å²) < 4.78 is 0. The zero-order valence-electron chi connectivity index (χ0n) is 13.7. The van der Waals surface area contributed by atoms with Gasteiger partial charge in [-0.05, 0) is 37.8 Å².